The third-order valence-corrected chi connectivity index (χ3v) is 3.19. The van der Waals surface area contributed by atoms with E-state index in [1.54, 1.807) is 0 Å². The van der Waals surface area contributed by atoms with E-state index in [9.17, 15) is 9.59 Å². The molecular weight excluding hydrogens is 254 g/mol. The number of hydrogen-bond donors (Lipinski definition) is 2. The SMILES string of the molecule is CCCC[C@@H](CCC(=O)Nc1nncs1)C(=O)O. The Labute approximate surface area is 109 Å². The number of amides is 1. The molecule has 1 aromatic heterocycles. The number of carboxylic acids is 1. The van der Waals surface area contributed by atoms with Crippen molar-refractivity contribution in [1.82, 2.24) is 10.2 Å². The highest BCUT2D eigenvalue weighted by Gasteiger charge is 2.18. The number of nitrogens with zero attached hydrogens (tertiary/aromatic N) is 2. The monoisotopic (exact) mass is 271 g/mol. The van der Waals surface area contributed by atoms with E-state index < -0.39 is 11.9 Å². The molecule has 0 spiro atoms. The van der Waals surface area contributed by atoms with Crippen LogP contribution in [0.3, 0.4) is 0 Å². The zero-order valence-corrected chi connectivity index (χ0v) is 11.1. The van der Waals surface area contributed by atoms with Crippen molar-refractivity contribution in [3.63, 3.8) is 0 Å². The summed E-state index contributed by atoms with van der Waals surface area (Å²) >= 11 is 1.24. The molecular formula is C11H17N3O3S. The van der Waals surface area contributed by atoms with E-state index in [1.807, 2.05) is 6.92 Å². The summed E-state index contributed by atoms with van der Waals surface area (Å²) in [5.41, 5.74) is 1.52. The standard InChI is InChI=1S/C11H17N3O3S/c1-2-3-4-8(10(16)17)5-6-9(15)13-11-14-12-7-18-11/h7-8H,2-6H2,1H3,(H,16,17)(H,13,14,15)/t8-/m0/s1. The zero-order chi connectivity index (χ0) is 13.4. The lowest BCUT2D eigenvalue weighted by molar-refractivity contribution is -0.142. The van der Waals surface area contributed by atoms with Crippen LogP contribution in [-0.4, -0.2) is 27.2 Å². The van der Waals surface area contributed by atoms with Gasteiger partial charge in [-0.3, -0.25) is 9.59 Å². The molecule has 0 saturated heterocycles. The molecule has 0 fully saturated rings. The second-order valence-corrected chi connectivity index (χ2v) is 4.84. The first-order valence-electron chi connectivity index (χ1n) is 5.92. The summed E-state index contributed by atoms with van der Waals surface area (Å²) in [6.07, 6.45) is 3.01. The zero-order valence-electron chi connectivity index (χ0n) is 10.3. The highest BCUT2D eigenvalue weighted by molar-refractivity contribution is 7.13. The maximum absolute atomic E-state index is 11.5. The summed E-state index contributed by atoms with van der Waals surface area (Å²) in [6.45, 7) is 2.01. The number of nitrogens with one attached hydrogen (secondary N) is 1. The molecule has 0 aromatic carbocycles. The molecule has 18 heavy (non-hydrogen) atoms. The molecule has 1 heterocycles. The van der Waals surface area contributed by atoms with Gasteiger partial charge in [-0.2, -0.15) is 0 Å². The van der Waals surface area contributed by atoms with Crippen LogP contribution in [0.25, 0.3) is 0 Å². The molecule has 0 bridgehead atoms. The average molecular weight is 271 g/mol. The summed E-state index contributed by atoms with van der Waals surface area (Å²) in [4.78, 5) is 22.5. The van der Waals surface area contributed by atoms with Crippen LogP contribution in [0.5, 0.6) is 0 Å². The van der Waals surface area contributed by atoms with Crippen molar-refractivity contribution >= 4 is 28.3 Å². The number of carbonyl (C=O) groups excluding carboxylic acids is 1. The molecule has 1 rings (SSSR count). The minimum atomic E-state index is -0.827. The molecule has 0 aliphatic carbocycles. The van der Waals surface area contributed by atoms with Crippen molar-refractivity contribution in [3.05, 3.63) is 5.51 Å². The fourth-order valence-electron chi connectivity index (χ4n) is 1.56. The van der Waals surface area contributed by atoms with Gasteiger partial charge in [-0.05, 0) is 12.8 Å². The molecule has 2 N–H and O–H groups in total. The smallest absolute Gasteiger partial charge is 0.306 e. The molecule has 1 atom stereocenters. The largest absolute Gasteiger partial charge is 0.481 e. The Bertz CT molecular complexity index is 381. The average Bonchev–Trinajstić information content (AvgIpc) is 2.81. The lowest BCUT2D eigenvalue weighted by atomic mass is 9.97. The first kappa shape index (κ1) is 14.6. The van der Waals surface area contributed by atoms with E-state index in [2.05, 4.69) is 15.5 Å². The van der Waals surface area contributed by atoms with Gasteiger partial charge in [0.1, 0.15) is 5.51 Å². The lowest BCUT2D eigenvalue weighted by Gasteiger charge is -2.10. The maximum Gasteiger partial charge on any atom is 0.306 e. The van der Waals surface area contributed by atoms with Gasteiger partial charge in [-0.25, -0.2) is 0 Å². The minimum absolute atomic E-state index is 0.195. The molecule has 7 heteroatoms. The first-order valence-corrected chi connectivity index (χ1v) is 6.80. The lowest BCUT2D eigenvalue weighted by Crippen LogP contribution is -2.18. The van der Waals surface area contributed by atoms with Gasteiger partial charge in [-0.15, -0.1) is 10.2 Å². The molecule has 0 aliphatic rings. The number of unbranched alkanes of at least 4 members (excludes halogenated alkanes) is 1. The third kappa shape index (κ3) is 5.22. The molecule has 0 aliphatic heterocycles. The second-order valence-electron chi connectivity index (χ2n) is 4.01. The number of hydrogen-bond acceptors (Lipinski definition) is 5. The summed E-state index contributed by atoms with van der Waals surface area (Å²) in [5, 5.41) is 19.3. The second kappa shape index (κ2) is 7.75. The van der Waals surface area contributed by atoms with Gasteiger partial charge in [0.05, 0.1) is 5.92 Å². The van der Waals surface area contributed by atoms with Crippen LogP contribution in [0.2, 0.25) is 0 Å². The Morgan fingerprint density at radius 3 is 2.83 bits per heavy atom. The van der Waals surface area contributed by atoms with Crippen LogP contribution in [0.15, 0.2) is 5.51 Å². The van der Waals surface area contributed by atoms with E-state index in [0.29, 0.717) is 18.0 Å². The molecule has 0 unspecified atom stereocenters. The van der Waals surface area contributed by atoms with Crippen LogP contribution >= 0.6 is 11.3 Å². The van der Waals surface area contributed by atoms with Crippen LogP contribution in [0.1, 0.15) is 39.0 Å². The van der Waals surface area contributed by atoms with Crippen molar-refractivity contribution in [1.29, 1.82) is 0 Å². The van der Waals surface area contributed by atoms with Crippen molar-refractivity contribution in [2.45, 2.75) is 39.0 Å². The van der Waals surface area contributed by atoms with E-state index in [0.717, 1.165) is 12.8 Å². The van der Waals surface area contributed by atoms with Gasteiger partial charge >= 0.3 is 5.97 Å². The van der Waals surface area contributed by atoms with Crippen molar-refractivity contribution in [2.75, 3.05) is 5.32 Å². The van der Waals surface area contributed by atoms with Crippen LogP contribution in [-0.2, 0) is 9.59 Å². The summed E-state index contributed by atoms with van der Waals surface area (Å²) in [7, 11) is 0. The number of carboxylic acid groups (broad SMARTS) is 1. The Morgan fingerprint density at radius 2 is 2.28 bits per heavy atom. The molecule has 0 saturated carbocycles. The Morgan fingerprint density at radius 1 is 1.50 bits per heavy atom. The minimum Gasteiger partial charge on any atom is -0.481 e. The predicted molar refractivity (Wildman–Crippen MR) is 68.4 cm³/mol. The summed E-state index contributed by atoms with van der Waals surface area (Å²) in [6, 6.07) is 0. The van der Waals surface area contributed by atoms with Gasteiger partial charge in [0.15, 0.2) is 0 Å². The highest BCUT2D eigenvalue weighted by Crippen LogP contribution is 2.16. The quantitative estimate of drug-likeness (QED) is 0.755. The van der Waals surface area contributed by atoms with Crippen molar-refractivity contribution in [3.8, 4) is 0 Å². The molecule has 1 aromatic rings. The normalized spacial score (nSPS) is 12.1. The van der Waals surface area contributed by atoms with Gasteiger partial charge in [0.25, 0.3) is 0 Å². The molecule has 6 nitrogen and oxygen atoms in total. The van der Waals surface area contributed by atoms with Crippen molar-refractivity contribution < 1.29 is 14.7 Å². The topological polar surface area (TPSA) is 92.2 Å². The summed E-state index contributed by atoms with van der Waals surface area (Å²) in [5.74, 6) is -1.48. The highest BCUT2D eigenvalue weighted by atomic mass is 32.1. The van der Waals surface area contributed by atoms with Crippen molar-refractivity contribution in [2.24, 2.45) is 5.92 Å². The van der Waals surface area contributed by atoms with E-state index >= 15 is 0 Å². The molecule has 0 radical (unpaired) electrons. The summed E-state index contributed by atoms with van der Waals surface area (Å²) < 4.78 is 0. The third-order valence-electron chi connectivity index (χ3n) is 2.58. The number of carbonyl (C=O) groups is 2. The fraction of sp³-hybridized carbons (Fsp3) is 0.636. The van der Waals surface area contributed by atoms with E-state index in [-0.39, 0.29) is 12.3 Å². The number of anilines is 1. The number of aromatic nitrogens is 2. The number of rotatable bonds is 8. The van der Waals surface area contributed by atoms with Gasteiger partial charge < -0.3 is 10.4 Å². The first-order chi connectivity index (χ1) is 8.63. The molecule has 100 valence electrons. The maximum atomic E-state index is 11.5. The fourth-order valence-corrected chi connectivity index (χ4v) is 2.02. The van der Waals surface area contributed by atoms with Gasteiger partial charge in [-0.1, -0.05) is 31.1 Å². The van der Waals surface area contributed by atoms with Gasteiger partial charge in [0.2, 0.25) is 11.0 Å². The molecule has 1 amide bonds. The van der Waals surface area contributed by atoms with Crippen LogP contribution in [0.4, 0.5) is 5.13 Å². The van der Waals surface area contributed by atoms with E-state index in [1.165, 1.54) is 16.8 Å². The van der Waals surface area contributed by atoms with E-state index in [4.69, 9.17) is 5.11 Å². The van der Waals surface area contributed by atoms with Crippen LogP contribution < -0.4 is 5.32 Å². The number of aliphatic carboxylic acids is 1. The van der Waals surface area contributed by atoms with Crippen LogP contribution in [0, 0.1) is 5.92 Å². The Kier molecular flexibility index (Phi) is 6.27. The van der Waals surface area contributed by atoms with Gasteiger partial charge in [0, 0.05) is 6.42 Å². The Balaban J connectivity index is 2.32. The Hall–Kier alpha value is -1.50. The predicted octanol–water partition coefficient (Wildman–Crippen LogP) is 2.15.